The molecule has 1 saturated carbocycles. The second-order valence-electron chi connectivity index (χ2n) is 8.45. The van der Waals surface area contributed by atoms with Gasteiger partial charge in [-0.15, -0.1) is 0 Å². The zero-order valence-electron chi connectivity index (χ0n) is 16.7. The molecule has 1 amide bonds. The van der Waals surface area contributed by atoms with Crippen LogP contribution in [0.25, 0.3) is 0 Å². The molecule has 7 nitrogen and oxygen atoms in total. The van der Waals surface area contributed by atoms with E-state index in [9.17, 15) is 9.59 Å². The first-order valence-corrected chi connectivity index (χ1v) is 10.6. The summed E-state index contributed by atoms with van der Waals surface area (Å²) in [5.41, 5.74) is 2.07. The Morgan fingerprint density at radius 1 is 1.38 bits per heavy atom. The highest BCUT2D eigenvalue weighted by atomic mass is 16.5. The Hall–Kier alpha value is -2.70. The number of carbonyl (C=O) groups excluding carboxylic acids is 1. The third-order valence-electron chi connectivity index (χ3n) is 6.50. The maximum absolute atomic E-state index is 13.3. The summed E-state index contributed by atoms with van der Waals surface area (Å²) in [6.45, 7) is 3.65. The topological polar surface area (TPSA) is 88.2 Å². The average Bonchev–Trinajstić information content (AvgIpc) is 3.53. The van der Waals surface area contributed by atoms with Crippen LogP contribution in [0.1, 0.15) is 72.4 Å². The average molecular weight is 394 g/mol. The number of piperidine rings is 1. The Bertz CT molecular complexity index is 1010. The van der Waals surface area contributed by atoms with Crippen LogP contribution in [-0.2, 0) is 11.8 Å². The van der Waals surface area contributed by atoms with Crippen molar-refractivity contribution in [1.82, 2.24) is 19.9 Å². The van der Waals surface area contributed by atoms with E-state index < -0.39 is 0 Å². The number of aromatic amines is 1. The largest absolute Gasteiger partial charge is 0.477 e. The van der Waals surface area contributed by atoms with Gasteiger partial charge in [-0.2, -0.15) is 0 Å². The monoisotopic (exact) mass is 394 g/mol. The highest BCUT2D eigenvalue weighted by Crippen LogP contribution is 2.45. The smallest absolute Gasteiger partial charge is 0.259 e. The minimum absolute atomic E-state index is 0.0168. The van der Waals surface area contributed by atoms with Gasteiger partial charge in [0.1, 0.15) is 11.4 Å². The predicted octanol–water partition coefficient (Wildman–Crippen LogP) is 2.56. The third kappa shape index (κ3) is 3.12. The van der Waals surface area contributed by atoms with Gasteiger partial charge in [-0.05, 0) is 57.6 Å². The summed E-state index contributed by atoms with van der Waals surface area (Å²) in [6, 6.07) is 3.54. The number of pyridine rings is 1. The fourth-order valence-electron chi connectivity index (χ4n) is 4.90. The predicted molar refractivity (Wildman–Crippen MR) is 107 cm³/mol. The van der Waals surface area contributed by atoms with Crippen molar-refractivity contribution in [2.24, 2.45) is 0 Å². The van der Waals surface area contributed by atoms with Crippen molar-refractivity contribution < 1.29 is 9.53 Å². The summed E-state index contributed by atoms with van der Waals surface area (Å²) in [5, 5.41) is 0. The van der Waals surface area contributed by atoms with E-state index in [0.29, 0.717) is 37.1 Å². The molecular formula is C22H26N4O3. The van der Waals surface area contributed by atoms with Crippen LogP contribution in [0.4, 0.5) is 0 Å². The number of likely N-dealkylation sites (tertiary alicyclic amines) is 1. The highest BCUT2D eigenvalue weighted by Gasteiger charge is 2.46. The van der Waals surface area contributed by atoms with E-state index >= 15 is 0 Å². The van der Waals surface area contributed by atoms with Crippen molar-refractivity contribution in [2.45, 2.75) is 56.8 Å². The van der Waals surface area contributed by atoms with Gasteiger partial charge in [0.15, 0.2) is 0 Å². The highest BCUT2D eigenvalue weighted by molar-refractivity contribution is 5.96. The van der Waals surface area contributed by atoms with E-state index in [1.165, 1.54) is 0 Å². The molecule has 5 rings (SSSR count). The molecule has 7 heteroatoms. The van der Waals surface area contributed by atoms with Gasteiger partial charge in [0, 0.05) is 36.2 Å². The number of rotatable bonds is 4. The molecule has 2 fully saturated rings. The van der Waals surface area contributed by atoms with Crippen molar-refractivity contribution in [1.29, 1.82) is 0 Å². The molecule has 2 aromatic rings. The third-order valence-corrected chi connectivity index (χ3v) is 6.50. The molecule has 1 aliphatic heterocycles. The number of hydrogen-bond donors (Lipinski definition) is 1. The van der Waals surface area contributed by atoms with Crippen LogP contribution < -0.4 is 10.3 Å². The maximum Gasteiger partial charge on any atom is 0.259 e. The van der Waals surface area contributed by atoms with Crippen LogP contribution in [0.15, 0.2) is 23.1 Å². The molecule has 3 aliphatic rings. The van der Waals surface area contributed by atoms with E-state index in [0.717, 1.165) is 55.6 Å². The molecule has 1 N–H and O–H groups in total. The van der Waals surface area contributed by atoms with E-state index in [1.54, 1.807) is 18.3 Å². The maximum atomic E-state index is 13.3. The fourth-order valence-corrected chi connectivity index (χ4v) is 4.90. The normalized spacial score (nSPS) is 23.3. The molecule has 0 radical (unpaired) electrons. The number of carbonyl (C=O) groups is 1. The Balaban J connectivity index is 1.47. The van der Waals surface area contributed by atoms with Gasteiger partial charge in [-0.25, -0.2) is 9.97 Å². The van der Waals surface area contributed by atoms with Crippen molar-refractivity contribution >= 4 is 5.91 Å². The number of fused-ring (bicyclic) bond motifs is 2. The van der Waals surface area contributed by atoms with Gasteiger partial charge in [-0.1, -0.05) is 0 Å². The van der Waals surface area contributed by atoms with Gasteiger partial charge >= 0.3 is 0 Å². The Morgan fingerprint density at radius 2 is 2.24 bits per heavy atom. The van der Waals surface area contributed by atoms with Crippen LogP contribution in [0.2, 0.25) is 0 Å². The molecule has 3 heterocycles. The number of hydrogen-bond acceptors (Lipinski definition) is 5. The Kier molecular flexibility index (Phi) is 4.41. The zero-order chi connectivity index (χ0) is 20.0. The van der Waals surface area contributed by atoms with Gasteiger partial charge in [-0.3, -0.25) is 9.59 Å². The molecule has 1 unspecified atom stereocenters. The molecule has 29 heavy (non-hydrogen) atoms. The second-order valence-corrected chi connectivity index (χ2v) is 8.45. The van der Waals surface area contributed by atoms with Crippen molar-refractivity contribution in [3.63, 3.8) is 0 Å². The number of nitrogens with zero attached hydrogens (tertiary/aromatic N) is 3. The summed E-state index contributed by atoms with van der Waals surface area (Å²) in [5.74, 6) is 1.57. The molecule has 0 aromatic carbocycles. The summed E-state index contributed by atoms with van der Waals surface area (Å²) >= 11 is 0. The van der Waals surface area contributed by atoms with Gasteiger partial charge in [0.2, 0.25) is 5.88 Å². The van der Waals surface area contributed by atoms with Gasteiger partial charge in [0.25, 0.3) is 11.5 Å². The molecule has 1 spiro atoms. The number of H-pyrrole nitrogens is 1. The Morgan fingerprint density at radius 3 is 3.03 bits per heavy atom. The van der Waals surface area contributed by atoms with E-state index in [4.69, 9.17) is 9.72 Å². The van der Waals surface area contributed by atoms with Crippen LogP contribution in [-0.4, -0.2) is 45.5 Å². The quantitative estimate of drug-likeness (QED) is 0.861. The minimum Gasteiger partial charge on any atom is -0.477 e. The molecule has 1 saturated heterocycles. The van der Waals surface area contributed by atoms with Crippen molar-refractivity contribution in [3.05, 3.63) is 51.3 Å². The van der Waals surface area contributed by atoms with Crippen molar-refractivity contribution in [3.8, 4) is 5.88 Å². The lowest BCUT2D eigenvalue weighted by atomic mass is 9.77. The van der Waals surface area contributed by atoms with E-state index in [2.05, 4.69) is 9.97 Å². The number of ether oxygens (including phenoxy) is 1. The lowest BCUT2D eigenvalue weighted by Crippen LogP contribution is -2.48. The van der Waals surface area contributed by atoms with Gasteiger partial charge < -0.3 is 14.6 Å². The number of aromatic nitrogens is 3. The lowest BCUT2D eigenvalue weighted by molar-refractivity contribution is 0.0628. The lowest BCUT2D eigenvalue weighted by Gasteiger charge is -2.40. The first kappa shape index (κ1) is 18.3. The second kappa shape index (κ2) is 6.97. The standard InChI is InChI=1S/C22H26N4O3/c1-2-29-20-16(5-3-11-23-20)21(28)26-12-4-9-22(13-26)10-8-15-17(22)24-18(14-6-7-14)25-19(15)27/h3,5,11,14H,2,4,6-10,12-13H2,1H3,(H,24,25,27). The van der Waals surface area contributed by atoms with E-state index in [1.807, 2.05) is 11.8 Å². The van der Waals surface area contributed by atoms with Gasteiger partial charge in [0.05, 0.1) is 12.3 Å². The minimum atomic E-state index is -0.213. The van der Waals surface area contributed by atoms with Crippen molar-refractivity contribution in [2.75, 3.05) is 19.7 Å². The summed E-state index contributed by atoms with van der Waals surface area (Å²) in [6.07, 6.45) is 7.32. The molecule has 0 bridgehead atoms. The molecule has 1 atom stereocenters. The summed E-state index contributed by atoms with van der Waals surface area (Å²) < 4.78 is 5.57. The van der Waals surface area contributed by atoms with Crippen LogP contribution in [0, 0.1) is 0 Å². The Labute approximate surface area is 169 Å². The summed E-state index contributed by atoms with van der Waals surface area (Å²) in [7, 11) is 0. The van der Waals surface area contributed by atoms with Crippen LogP contribution in [0.3, 0.4) is 0 Å². The zero-order valence-corrected chi connectivity index (χ0v) is 16.7. The first-order valence-electron chi connectivity index (χ1n) is 10.6. The fraction of sp³-hybridized carbons (Fsp3) is 0.545. The first-order chi connectivity index (χ1) is 14.1. The SMILES string of the molecule is CCOc1ncccc1C(=O)N1CCCC2(CCc3c2nc(C2CC2)[nH]c3=O)C1. The van der Waals surface area contributed by atoms with Crippen LogP contribution in [0.5, 0.6) is 5.88 Å². The molecule has 2 aliphatic carbocycles. The number of amides is 1. The van der Waals surface area contributed by atoms with E-state index in [-0.39, 0.29) is 16.9 Å². The molecule has 152 valence electrons. The molecular weight excluding hydrogens is 368 g/mol. The molecule has 2 aromatic heterocycles. The number of nitrogens with one attached hydrogen (secondary N) is 1. The summed E-state index contributed by atoms with van der Waals surface area (Å²) in [4.78, 5) is 40.0. The van der Waals surface area contributed by atoms with Crippen LogP contribution >= 0.6 is 0 Å².